The van der Waals surface area contributed by atoms with Crippen LogP contribution in [-0.2, 0) is 16.0 Å². The lowest BCUT2D eigenvalue weighted by Gasteiger charge is -2.22. The number of esters is 1. The first-order chi connectivity index (χ1) is 17.0. The van der Waals surface area contributed by atoms with E-state index in [9.17, 15) is 19.7 Å². The van der Waals surface area contributed by atoms with Crippen LogP contribution in [0.3, 0.4) is 0 Å². The molecule has 0 saturated heterocycles. The Morgan fingerprint density at radius 1 is 1.20 bits per heavy atom. The van der Waals surface area contributed by atoms with Gasteiger partial charge in [0, 0.05) is 24.1 Å². The molecule has 0 atom stereocenters. The molecule has 0 spiro atoms. The van der Waals surface area contributed by atoms with Gasteiger partial charge in [-0.05, 0) is 48.1 Å². The Hall–Kier alpha value is -4.58. The maximum absolute atomic E-state index is 13.2. The molecule has 0 saturated carbocycles. The second-order valence-electron chi connectivity index (χ2n) is 8.04. The molecule has 4 rings (SSSR count). The summed E-state index contributed by atoms with van der Waals surface area (Å²) in [4.78, 5) is 40.7. The number of amides is 1. The van der Waals surface area contributed by atoms with Crippen molar-refractivity contribution in [3.8, 4) is 6.07 Å². The van der Waals surface area contributed by atoms with E-state index >= 15 is 0 Å². The average Bonchev–Trinajstić information content (AvgIpc) is 2.86. The molecule has 1 N–H and O–H groups in total. The molecule has 1 aliphatic carbocycles. The fraction of sp³-hybridized carbons (Fsp3) is 0.231. The maximum Gasteiger partial charge on any atom is 0.339 e. The maximum atomic E-state index is 13.2. The molecule has 3 aromatic rings. The molecule has 0 radical (unpaired) electrons. The number of rotatable bonds is 7. The minimum atomic E-state index is -0.619. The summed E-state index contributed by atoms with van der Waals surface area (Å²) >= 11 is 0. The van der Waals surface area contributed by atoms with Gasteiger partial charge < -0.3 is 10.1 Å². The summed E-state index contributed by atoms with van der Waals surface area (Å²) in [5.74, 6) is -1.10. The normalized spacial score (nSPS) is 13.6. The third-order valence-electron chi connectivity index (χ3n) is 5.69. The quantitative estimate of drug-likeness (QED) is 0.236. The summed E-state index contributed by atoms with van der Waals surface area (Å²) in [7, 11) is 0. The SMILES string of the molecule is N#CCCNC(=O)COC(=O)c1c2c(nc3ccccc13)/C(=C/c1cccc([N+](=O)[O-])c1)CCC2. The molecule has 1 aromatic heterocycles. The van der Waals surface area contributed by atoms with Gasteiger partial charge in [0.2, 0.25) is 0 Å². The largest absolute Gasteiger partial charge is 0.452 e. The number of ether oxygens (including phenoxy) is 1. The summed E-state index contributed by atoms with van der Waals surface area (Å²) in [5, 5.41) is 22.9. The number of pyridine rings is 1. The van der Waals surface area contributed by atoms with E-state index in [1.807, 2.05) is 24.3 Å². The molecule has 0 aliphatic heterocycles. The number of carbonyl (C=O) groups is 2. The highest BCUT2D eigenvalue weighted by Gasteiger charge is 2.26. The summed E-state index contributed by atoms with van der Waals surface area (Å²) in [6.45, 7) is -0.266. The molecular weight excluding hydrogens is 448 g/mol. The minimum Gasteiger partial charge on any atom is -0.452 e. The van der Waals surface area contributed by atoms with Gasteiger partial charge in [-0.2, -0.15) is 5.26 Å². The van der Waals surface area contributed by atoms with E-state index in [4.69, 9.17) is 15.0 Å². The highest BCUT2D eigenvalue weighted by molar-refractivity contribution is 6.07. The number of para-hydroxylation sites is 1. The first-order valence-electron chi connectivity index (χ1n) is 11.2. The monoisotopic (exact) mass is 470 g/mol. The van der Waals surface area contributed by atoms with Crippen LogP contribution in [0.15, 0.2) is 48.5 Å². The van der Waals surface area contributed by atoms with E-state index in [-0.39, 0.29) is 18.7 Å². The second kappa shape index (κ2) is 10.6. The van der Waals surface area contributed by atoms with Crippen LogP contribution in [0.25, 0.3) is 22.6 Å². The number of aromatic nitrogens is 1. The molecule has 35 heavy (non-hydrogen) atoms. The predicted molar refractivity (Wildman–Crippen MR) is 129 cm³/mol. The Morgan fingerprint density at radius 3 is 2.83 bits per heavy atom. The van der Waals surface area contributed by atoms with Gasteiger partial charge >= 0.3 is 5.97 Å². The number of allylic oxidation sites excluding steroid dienone is 1. The van der Waals surface area contributed by atoms with E-state index in [1.165, 1.54) is 12.1 Å². The van der Waals surface area contributed by atoms with Gasteiger partial charge in [0.15, 0.2) is 6.61 Å². The minimum absolute atomic E-state index is 0.000771. The van der Waals surface area contributed by atoms with E-state index < -0.39 is 23.4 Å². The molecule has 0 bridgehead atoms. The summed E-state index contributed by atoms with van der Waals surface area (Å²) in [6.07, 6.45) is 4.12. The number of benzene rings is 2. The van der Waals surface area contributed by atoms with Gasteiger partial charge in [0.25, 0.3) is 11.6 Å². The highest BCUT2D eigenvalue weighted by atomic mass is 16.6. The van der Waals surface area contributed by atoms with Crippen LogP contribution >= 0.6 is 0 Å². The number of fused-ring (bicyclic) bond motifs is 2. The zero-order valence-electron chi connectivity index (χ0n) is 18.8. The van der Waals surface area contributed by atoms with Crippen LogP contribution < -0.4 is 5.32 Å². The van der Waals surface area contributed by atoms with Crippen molar-refractivity contribution in [3.63, 3.8) is 0 Å². The molecule has 2 aromatic carbocycles. The first kappa shape index (κ1) is 23.6. The van der Waals surface area contributed by atoms with Crippen molar-refractivity contribution in [1.29, 1.82) is 5.26 Å². The number of hydrogen-bond acceptors (Lipinski definition) is 7. The first-order valence-corrected chi connectivity index (χ1v) is 11.2. The zero-order valence-corrected chi connectivity index (χ0v) is 18.8. The van der Waals surface area contributed by atoms with Gasteiger partial charge in [0.1, 0.15) is 0 Å². The van der Waals surface area contributed by atoms with Crippen molar-refractivity contribution >= 4 is 40.1 Å². The number of nitrogens with zero attached hydrogens (tertiary/aromatic N) is 3. The van der Waals surface area contributed by atoms with E-state index in [2.05, 4.69) is 5.32 Å². The van der Waals surface area contributed by atoms with E-state index in [1.54, 1.807) is 24.3 Å². The lowest BCUT2D eigenvalue weighted by Crippen LogP contribution is -2.29. The molecule has 9 heteroatoms. The number of nitrogens with one attached hydrogen (secondary N) is 1. The summed E-state index contributed by atoms with van der Waals surface area (Å²) in [5.41, 5.74) is 3.94. The van der Waals surface area contributed by atoms with Crippen molar-refractivity contribution in [2.75, 3.05) is 13.2 Å². The fourth-order valence-electron chi connectivity index (χ4n) is 4.15. The standard InChI is InChI=1S/C26H22N4O5/c27-12-5-13-28-23(31)16-35-26(32)24-20-9-1-2-11-22(20)29-25-18(7-4-10-21(24)25)14-17-6-3-8-19(15-17)30(33)34/h1-3,6,8-9,11,14-15H,4-5,7,10,13,16H2,(H,28,31)/b18-14+. The third kappa shape index (κ3) is 5.33. The Balaban J connectivity index is 1.71. The second-order valence-corrected chi connectivity index (χ2v) is 8.04. The van der Waals surface area contributed by atoms with Crippen molar-refractivity contribution in [1.82, 2.24) is 10.3 Å². The number of non-ortho nitro benzene ring substituents is 1. The molecule has 0 unspecified atom stereocenters. The van der Waals surface area contributed by atoms with Crippen molar-refractivity contribution in [2.45, 2.75) is 25.7 Å². The van der Waals surface area contributed by atoms with Gasteiger partial charge in [-0.25, -0.2) is 9.78 Å². The lowest BCUT2D eigenvalue weighted by atomic mass is 9.86. The number of nitro benzene ring substituents is 1. The van der Waals surface area contributed by atoms with Crippen LogP contribution in [0.4, 0.5) is 5.69 Å². The van der Waals surface area contributed by atoms with Gasteiger partial charge in [0.05, 0.1) is 34.2 Å². The van der Waals surface area contributed by atoms with Crippen LogP contribution in [-0.4, -0.2) is 34.9 Å². The van der Waals surface area contributed by atoms with Gasteiger partial charge in [-0.15, -0.1) is 0 Å². The van der Waals surface area contributed by atoms with Crippen molar-refractivity contribution in [2.24, 2.45) is 0 Å². The van der Waals surface area contributed by atoms with E-state index in [0.717, 1.165) is 17.6 Å². The Morgan fingerprint density at radius 2 is 2.03 bits per heavy atom. The molecule has 1 amide bonds. The number of hydrogen-bond donors (Lipinski definition) is 1. The number of nitro groups is 1. The summed E-state index contributed by atoms with van der Waals surface area (Å²) < 4.78 is 5.33. The lowest BCUT2D eigenvalue weighted by molar-refractivity contribution is -0.384. The zero-order chi connectivity index (χ0) is 24.8. The summed E-state index contributed by atoms with van der Waals surface area (Å²) in [6, 6.07) is 15.5. The van der Waals surface area contributed by atoms with Crippen LogP contribution in [0, 0.1) is 21.4 Å². The van der Waals surface area contributed by atoms with Crippen LogP contribution in [0.1, 0.15) is 46.4 Å². The van der Waals surface area contributed by atoms with Crippen LogP contribution in [0.2, 0.25) is 0 Å². The molecule has 0 fully saturated rings. The topological polar surface area (TPSA) is 135 Å². The Kier molecular flexibility index (Phi) is 7.12. The Labute approximate surface area is 201 Å². The van der Waals surface area contributed by atoms with E-state index in [0.29, 0.717) is 40.6 Å². The predicted octanol–water partition coefficient (Wildman–Crippen LogP) is 4.21. The van der Waals surface area contributed by atoms with Crippen molar-refractivity contribution in [3.05, 3.63) is 81.0 Å². The third-order valence-corrected chi connectivity index (χ3v) is 5.69. The molecule has 9 nitrogen and oxygen atoms in total. The molecular formula is C26H22N4O5. The Bertz CT molecular complexity index is 1390. The average molecular weight is 470 g/mol. The highest BCUT2D eigenvalue weighted by Crippen LogP contribution is 2.36. The fourth-order valence-corrected chi connectivity index (χ4v) is 4.15. The van der Waals surface area contributed by atoms with Gasteiger partial charge in [-0.1, -0.05) is 30.3 Å². The molecule has 1 heterocycles. The molecule has 176 valence electrons. The van der Waals surface area contributed by atoms with Gasteiger partial charge in [-0.3, -0.25) is 14.9 Å². The van der Waals surface area contributed by atoms with Crippen LogP contribution in [0.5, 0.6) is 0 Å². The van der Waals surface area contributed by atoms with Crippen molar-refractivity contribution < 1.29 is 19.2 Å². The number of nitriles is 1. The number of carbonyl (C=O) groups excluding carboxylic acids is 2. The molecule has 1 aliphatic rings. The smallest absolute Gasteiger partial charge is 0.339 e.